The molecule has 0 fully saturated rings. The average Bonchev–Trinajstić information content (AvgIpc) is 2.51. The fourth-order valence-corrected chi connectivity index (χ4v) is 2.46. The van der Waals surface area contributed by atoms with Gasteiger partial charge in [-0.15, -0.1) is 0 Å². The summed E-state index contributed by atoms with van der Waals surface area (Å²) in [6.07, 6.45) is 6.35. The SMILES string of the molecule is Brc1cnc(-c2cccnc2)cc1Cc1ccccc1. The van der Waals surface area contributed by atoms with E-state index >= 15 is 0 Å². The van der Waals surface area contributed by atoms with Crippen LogP contribution in [-0.4, -0.2) is 9.97 Å². The van der Waals surface area contributed by atoms with E-state index in [2.05, 4.69) is 56.2 Å². The Morgan fingerprint density at radius 1 is 0.950 bits per heavy atom. The molecule has 1 aromatic carbocycles. The van der Waals surface area contributed by atoms with E-state index in [9.17, 15) is 0 Å². The Morgan fingerprint density at radius 2 is 1.80 bits per heavy atom. The number of halogens is 1. The lowest BCUT2D eigenvalue weighted by atomic mass is 10.0. The molecule has 0 saturated heterocycles. The second-order valence-electron chi connectivity index (χ2n) is 4.57. The molecule has 2 aromatic heterocycles. The van der Waals surface area contributed by atoms with Crippen molar-refractivity contribution in [2.24, 2.45) is 0 Å². The van der Waals surface area contributed by atoms with Crippen molar-refractivity contribution < 1.29 is 0 Å². The smallest absolute Gasteiger partial charge is 0.0721 e. The van der Waals surface area contributed by atoms with Gasteiger partial charge in [0, 0.05) is 28.6 Å². The van der Waals surface area contributed by atoms with Gasteiger partial charge in [0.25, 0.3) is 0 Å². The van der Waals surface area contributed by atoms with E-state index in [-0.39, 0.29) is 0 Å². The lowest BCUT2D eigenvalue weighted by Crippen LogP contribution is -1.93. The highest BCUT2D eigenvalue weighted by molar-refractivity contribution is 9.10. The summed E-state index contributed by atoms with van der Waals surface area (Å²) in [5.74, 6) is 0. The highest BCUT2D eigenvalue weighted by Crippen LogP contribution is 2.24. The Hall–Kier alpha value is -2.00. The summed E-state index contributed by atoms with van der Waals surface area (Å²) in [7, 11) is 0. The molecule has 98 valence electrons. The summed E-state index contributed by atoms with van der Waals surface area (Å²) < 4.78 is 1.04. The number of nitrogens with zero attached hydrogens (tertiary/aromatic N) is 2. The molecule has 2 heterocycles. The van der Waals surface area contributed by atoms with Crippen LogP contribution in [0.15, 0.2) is 71.6 Å². The molecule has 0 radical (unpaired) electrons. The van der Waals surface area contributed by atoms with Crippen LogP contribution >= 0.6 is 15.9 Å². The van der Waals surface area contributed by atoms with Crippen LogP contribution in [0.2, 0.25) is 0 Å². The Kier molecular flexibility index (Phi) is 3.88. The van der Waals surface area contributed by atoms with Gasteiger partial charge in [0.1, 0.15) is 0 Å². The number of hydrogen-bond acceptors (Lipinski definition) is 2. The number of rotatable bonds is 3. The van der Waals surface area contributed by atoms with Crippen LogP contribution < -0.4 is 0 Å². The zero-order valence-corrected chi connectivity index (χ0v) is 12.4. The first kappa shape index (κ1) is 13.0. The minimum absolute atomic E-state index is 0.886. The number of pyridine rings is 2. The number of hydrogen-bond donors (Lipinski definition) is 0. The Balaban J connectivity index is 1.95. The molecule has 0 saturated carbocycles. The summed E-state index contributed by atoms with van der Waals surface area (Å²) >= 11 is 3.58. The zero-order chi connectivity index (χ0) is 13.8. The number of aromatic nitrogens is 2. The normalized spacial score (nSPS) is 10.4. The van der Waals surface area contributed by atoms with Gasteiger partial charge in [-0.25, -0.2) is 0 Å². The molecule has 0 spiro atoms. The van der Waals surface area contributed by atoms with Crippen LogP contribution in [0.5, 0.6) is 0 Å². The van der Waals surface area contributed by atoms with Gasteiger partial charge in [-0.3, -0.25) is 9.97 Å². The van der Waals surface area contributed by atoms with E-state index in [0.717, 1.165) is 22.2 Å². The molecule has 0 bridgehead atoms. The van der Waals surface area contributed by atoms with Gasteiger partial charge in [0.05, 0.1) is 5.69 Å². The first-order valence-corrected chi connectivity index (χ1v) is 7.21. The molecule has 0 amide bonds. The van der Waals surface area contributed by atoms with E-state index in [0.29, 0.717) is 0 Å². The van der Waals surface area contributed by atoms with Gasteiger partial charge in [-0.1, -0.05) is 30.3 Å². The van der Waals surface area contributed by atoms with Crippen molar-refractivity contribution in [2.75, 3.05) is 0 Å². The maximum absolute atomic E-state index is 4.46. The van der Waals surface area contributed by atoms with E-state index in [1.165, 1.54) is 11.1 Å². The standard InChI is InChI=1S/C17H13BrN2/c18-16-12-20-17(14-7-4-8-19-11-14)10-15(16)9-13-5-2-1-3-6-13/h1-8,10-12H,9H2. The minimum Gasteiger partial charge on any atom is -0.264 e. The predicted octanol–water partition coefficient (Wildman–Crippen LogP) is 4.50. The van der Waals surface area contributed by atoms with Crippen molar-refractivity contribution in [2.45, 2.75) is 6.42 Å². The Labute approximate surface area is 126 Å². The third kappa shape index (κ3) is 2.94. The van der Waals surface area contributed by atoms with Crippen LogP contribution in [0.1, 0.15) is 11.1 Å². The zero-order valence-electron chi connectivity index (χ0n) is 10.8. The van der Waals surface area contributed by atoms with Gasteiger partial charge in [0.2, 0.25) is 0 Å². The van der Waals surface area contributed by atoms with E-state index < -0.39 is 0 Å². The van der Waals surface area contributed by atoms with Gasteiger partial charge < -0.3 is 0 Å². The molecule has 2 nitrogen and oxygen atoms in total. The first-order chi connectivity index (χ1) is 9.83. The van der Waals surface area contributed by atoms with Crippen LogP contribution in [0, 0.1) is 0 Å². The van der Waals surface area contributed by atoms with Gasteiger partial charge in [-0.05, 0) is 51.7 Å². The lowest BCUT2D eigenvalue weighted by Gasteiger charge is -2.07. The van der Waals surface area contributed by atoms with E-state index in [1.54, 1.807) is 6.20 Å². The highest BCUT2D eigenvalue weighted by Gasteiger charge is 2.06. The van der Waals surface area contributed by atoms with E-state index in [1.807, 2.05) is 30.6 Å². The second-order valence-corrected chi connectivity index (χ2v) is 5.42. The molecule has 3 heteroatoms. The summed E-state index contributed by atoms with van der Waals surface area (Å²) in [4.78, 5) is 8.61. The van der Waals surface area contributed by atoms with Crippen molar-refractivity contribution >= 4 is 15.9 Å². The predicted molar refractivity (Wildman–Crippen MR) is 84.4 cm³/mol. The minimum atomic E-state index is 0.886. The van der Waals surface area contributed by atoms with Crippen LogP contribution in [0.3, 0.4) is 0 Å². The molecule has 0 N–H and O–H groups in total. The molecule has 0 aliphatic rings. The lowest BCUT2D eigenvalue weighted by molar-refractivity contribution is 1.14. The van der Waals surface area contributed by atoms with E-state index in [4.69, 9.17) is 0 Å². The van der Waals surface area contributed by atoms with Crippen molar-refractivity contribution in [3.8, 4) is 11.3 Å². The van der Waals surface area contributed by atoms with Crippen LogP contribution in [-0.2, 0) is 6.42 Å². The van der Waals surface area contributed by atoms with Crippen molar-refractivity contribution in [3.05, 3.63) is 82.7 Å². The van der Waals surface area contributed by atoms with Crippen LogP contribution in [0.25, 0.3) is 11.3 Å². The third-order valence-corrected chi connectivity index (χ3v) is 3.84. The third-order valence-electron chi connectivity index (χ3n) is 3.13. The fraction of sp³-hybridized carbons (Fsp3) is 0.0588. The number of benzene rings is 1. The molecule has 0 aliphatic carbocycles. The summed E-state index contributed by atoms with van der Waals surface area (Å²) in [6.45, 7) is 0. The van der Waals surface area contributed by atoms with Gasteiger partial charge in [0.15, 0.2) is 0 Å². The fourth-order valence-electron chi connectivity index (χ4n) is 2.10. The maximum atomic E-state index is 4.46. The molecule has 20 heavy (non-hydrogen) atoms. The topological polar surface area (TPSA) is 25.8 Å². The molecular weight excluding hydrogens is 312 g/mol. The molecule has 0 unspecified atom stereocenters. The second kappa shape index (κ2) is 5.97. The summed E-state index contributed by atoms with van der Waals surface area (Å²) in [5, 5.41) is 0. The highest BCUT2D eigenvalue weighted by atomic mass is 79.9. The van der Waals surface area contributed by atoms with Gasteiger partial charge in [-0.2, -0.15) is 0 Å². The molecule has 3 aromatic rings. The average molecular weight is 325 g/mol. The Bertz CT molecular complexity index is 697. The quantitative estimate of drug-likeness (QED) is 0.709. The van der Waals surface area contributed by atoms with Crippen molar-refractivity contribution in [1.82, 2.24) is 9.97 Å². The summed E-state index contributed by atoms with van der Waals surface area (Å²) in [5.41, 5.74) is 4.50. The molecule has 3 rings (SSSR count). The summed E-state index contributed by atoms with van der Waals surface area (Å²) in [6, 6.07) is 16.5. The molecule has 0 aliphatic heterocycles. The molecular formula is C17H13BrN2. The van der Waals surface area contributed by atoms with Crippen LogP contribution in [0.4, 0.5) is 0 Å². The largest absolute Gasteiger partial charge is 0.264 e. The monoisotopic (exact) mass is 324 g/mol. The molecule has 0 atom stereocenters. The van der Waals surface area contributed by atoms with Gasteiger partial charge >= 0.3 is 0 Å². The maximum Gasteiger partial charge on any atom is 0.0721 e. The van der Waals surface area contributed by atoms with Crippen molar-refractivity contribution in [1.29, 1.82) is 0 Å². The Morgan fingerprint density at radius 3 is 2.55 bits per heavy atom. The van der Waals surface area contributed by atoms with Crippen molar-refractivity contribution in [3.63, 3.8) is 0 Å². The first-order valence-electron chi connectivity index (χ1n) is 6.42.